The Bertz CT molecular complexity index is 1550. The maximum Gasteiger partial charge on any atom is 0.274 e. The third-order valence-electron chi connectivity index (χ3n) is 5.37. The lowest BCUT2D eigenvalue weighted by molar-refractivity contribution is 0.101. The van der Waals surface area contributed by atoms with E-state index in [2.05, 4.69) is 20.6 Å². The van der Waals surface area contributed by atoms with Crippen molar-refractivity contribution < 1.29 is 14.3 Å². The number of aromatic nitrogens is 2. The summed E-state index contributed by atoms with van der Waals surface area (Å²) in [6, 6.07) is 27.3. The molecule has 0 aliphatic rings. The Hall–Kier alpha value is -4.78. The van der Waals surface area contributed by atoms with Crippen LogP contribution in [0.25, 0.3) is 21.8 Å². The Balaban J connectivity index is 1.33. The molecule has 2 heterocycles. The van der Waals surface area contributed by atoms with E-state index in [1.807, 2.05) is 60.7 Å². The zero-order chi connectivity index (χ0) is 23.5. The monoisotopic (exact) mass is 448 g/mol. The van der Waals surface area contributed by atoms with E-state index in [-0.39, 0.29) is 11.8 Å². The summed E-state index contributed by atoms with van der Waals surface area (Å²) in [6.07, 6.45) is 0. The number of nitrogens with zero attached hydrogens (tertiary/aromatic N) is 2. The molecular formula is C27H20N4O3. The lowest BCUT2D eigenvalue weighted by Gasteiger charge is -2.13. The molecule has 0 fully saturated rings. The van der Waals surface area contributed by atoms with Crippen molar-refractivity contribution in [3.63, 3.8) is 0 Å². The fourth-order valence-electron chi connectivity index (χ4n) is 3.64. The molecule has 0 radical (unpaired) electrons. The maximum absolute atomic E-state index is 12.8. The van der Waals surface area contributed by atoms with E-state index in [0.717, 1.165) is 21.8 Å². The van der Waals surface area contributed by atoms with Crippen LogP contribution in [-0.2, 0) is 0 Å². The van der Waals surface area contributed by atoms with Crippen molar-refractivity contribution >= 4 is 45.0 Å². The molecule has 5 aromatic rings. The van der Waals surface area contributed by atoms with Gasteiger partial charge in [-0.05, 0) is 36.4 Å². The predicted octanol–water partition coefficient (Wildman–Crippen LogP) is 5.30. The van der Waals surface area contributed by atoms with Gasteiger partial charge in [-0.15, -0.1) is 0 Å². The molecule has 7 heteroatoms. The van der Waals surface area contributed by atoms with Crippen molar-refractivity contribution in [3.8, 4) is 5.75 Å². The van der Waals surface area contributed by atoms with Crippen LogP contribution in [0.15, 0.2) is 91.0 Å². The highest BCUT2D eigenvalue weighted by Crippen LogP contribution is 2.29. The van der Waals surface area contributed by atoms with Crippen LogP contribution in [0.5, 0.6) is 5.75 Å². The third-order valence-corrected chi connectivity index (χ3v) is 5.37. The molecule has 2 amide bonds. The Morgan fingerprint density at radius 1 is 0.676 bits per heavy atom. The minimum atomic E-state index is -0.360. The largest absolute Gasteiger partial charge is 0.494 e. The molecule has 34 heavy (non-hydrogen) atoms. The molecule has 5 rings (SSSR count). The molecule has 0 atom stereocenters. The molecule has 0 saturated heterocycles. The molecule has 0 unspecified atom stereocenters. The number of amides is 2. The van der Waals surface area contributed by atoms with Crippen LogP contribution < -0.4 is 15.4 Å². The van der Waals surface area contributed by atoms with Gasteiger partial charge >= 0.3 is 0 Å². The van der Waals surface area contributed by atoms with E-state index in [9.17, 15) is 9.59 Å². The summed E-state index contributed by atoms with van der Waals surface area (Å²) in [5, 5.41) is 7.56. The van der Waals surface area contributed by atoms with Crippen LogP contribution in [0.3, 0.4) is 0 Å². The van der Waals surface area contributed by atoms with Gasteiger partial charge in [0, 0.05) is 22.5 Å². The normalized spacial score (nSPS) is 10.7. The Morgan fingerprint density at radius 3 is 1.82 bits per heavy atom. The average molecular weight is 448 g/mol. The molecule has 0 aliphatic heterocycles. The Labute approximate surface area is 195 Å². The molecule has 166 valence electrons. The number of anilines is 2. The lowest BCUT2D eigenvalue weighted by Crippen LogP contribution is -2.15. The first-order chi connectivity index (χ1) is 16.6. The van der Waals surface area contributed by atoms with E-state index in [1.165, 1.54) is 7.11 Å². The van der Waals surface area contributed by atoms with Crippen molar-refractivity contribution in [2.45, 2.75) is 0 Å². The van der Waals surface area contributed by atoms with E-state index in [4.69, 9.17) is 4.74 Å². The number of methoxy groups -OCH3 is 1. The third kappa shape index (κ3) is 4.27. The fourth-order valence-corrected chi connectivity index (χ4v) is 3.64. The van der Waals surface area contributed by atoms with Gasteiger partial charge in [-0.1, -0.05) is 48.5 Å². The number of hydrogen-bond donors (Lipinski definition) is 2. The van der Waals surface area contributed by atoms with E-state index < -0.39 is 0 Å². The standard InChI is InChI=1S/C27H20N4O3/c1-34-25-16-19(28-26(32)23-13-10-17-6-2-4-8-20(17)29-23)12-15-22(25)31-27(33)24-14-11-18-7-3-5-9-21(18)30-24/h2-16H,1H3,(H,28,32)(H,31,33). The molecule has 3 aromatic carbocycles. The highest BCUT2D eigenvalue weighted by molar-refractivity contribution is 6.06. The van der Waals surface area contributed by atoms with E-state index >= 15 is 0 Å². The number of ether oxygens (including phenoxy) is 1. The second-order valence-electron chi connectivity index (χ2n) is 7.60. The van der Waals surface area contributed by atoms with E-state index in [1.54, 1.807) is 30.3 Å². The van der Waals surface area contributed by atoms with Gasteiger partial charge in [0.2, 0.25) is 0 Å². The lowest BCUT2D eigenvalue weighted by atomic mass is 10.2. The van der Waals surface area contributed by atoms with Crippen LogP contribution in [0.2, 0.25) is 0 Å². The number of para-hydroxylation sites is 2. The first kappa shape index (κ1) is 21.1. The molecule has 0 saturated carbocycles. The van der Waals surface area contributed by atoms with Crippen molar-refractivity contribution in [2.24, 2.45) is 0 Å². The van der Waals surface area contributed by atoms with Gasteiger partial charge in [-0.2, -0.15) is 0 Å². The van der Waals surface area contributed by atoms with Gasteiger partial charge in [0.25, 0.3) is 11.8 Å². The number of carbonyl (C=O) groups is 2. The SMILES string of the molecule is COc1cc(NC(=O)c2ccc3ccccc3n2)ccc1NC(=O)c1ccc2ccccc2n1. The highest BCUT2D eigenvalue weighted by atomic mass is 16.5. The summed E-state index contributed by atoms with van der Waals surface area (Å²) >= 11 is 0. The fraction of sp³-hybridized carbons (Fsp3) is 0.0370. The summed E-state index contributed by atoms with van der Waals surface area (Å²) in [4.78, 5) is 34.3. The minimum Gasteiger partial charge on any atom is -0.494 e. The number of nitrogens with one attached hydrogen (secondary N) is 2. The summed E-state index contributed by atoms with van der Waals surface area (Å²) in [5.74, 6) is -0.301. The number of rotatable bonds is 5. The topological polar surface area (TPSA) is 93.2 Å². The van der Waals surface area contributed by atoms with Gasteiger partial charge < -0.3 is 15.4 Å². The predicted molar refractivity (Wildman–Crippen MR) is 132 cm³/mol. The number of fused-ring (bicyclic) bond motifs is 2. The van der Waals surface area contributed by atoms with Crippen molar-refractivity contribution in [1.29, 1.82) is 0 Å². The number of hydrogen-bond acceptors (Lipinski definition) is 5. The molecular weight excluding hydrogens is 428 g/mol. The van der Waals surface area contributed by atoms with Crippen LogP contribution in [-0.4, -0.2) is 28.9 Å². The zero-order valence-electron chi connectivity index (χ0n) is 18.3. The molecule has 2 aromatic heterocycles. The first-order valence-corrected chi connectivity index (χ1v) is 10.6. The second-order valence-corrected chi connectivity index (χ2v) is 7.60. The van der Waals surface area contributed by atoms with Crippen molar-refractivity contribution in [2.75, 3.05) is 17.7 Å². The van der Waals surface area contributed by atoms with E-state index in [0.29, 0.717) is 28.5 Å². The first-order valence-electron chi connectivity index (χ1n) is 10.6. The van der Waals surface area contributed by atoms with Crippen molar-refractivity contribution in [3.05, 3.63) is 102 Å². The second kappa shape index (κ2) is 8.99. The molecule has 7 nitrogen and oxygen atoms in total. The van der Waals surface area contributed by atoms with Crippen molar-refractivity contribution in [1.82, 2.24) is 9.97 Å². The van der Waals surface area contributed by atoms with Crippen LogP contribution >= 0.6 is 0 Å². The summed E-state index contributed by atoms with van der Waals surface area (Å²) < 4.78 is 5.44. The molecule has 0 bridgehead atoms. The van der Waals surface area contributed by atoms with Crippen LogP contribution in [0, 0.1) is 0 Å². The summed E-state index contributed by atoms with van der Waals surface area (Å²) in [6.45, 7) is 0. The summed E-state index contributed by atoms with van der Waals surface area (Å²) in [7, 11) is 1.50. The maximum atomic E-state index is 12.8. The average Bonchev–Trinajstić information content (AvgIpc) is 2.88. The zero-order valence-corrected chi connectivity index (χ0v) is 18.3. The van der Waals surface area contributed by atoms with Gasteiger partial charge in [-0.25, -0.2) is 9.97 Å². The van der Waals surface area contributed by atoms with Gasteiger partial charge in [0.15, 0.2) is 0 Å². The number of benzene rings is 3. The molecule has 0 spiro atoms. The Kier molecular flexibility index (Phi) is 5.58. The highest BCUT2D eigenvalue weighted by Gasteiger charge is 2.14. The van der Waals surface area contributed by atoms with Crippen LogP contribution in [0.1, 0.15) is 21.0 Å². The van der Waals surface area contributed by atoms with Gasteiger partial charge in [0.1, 0.15) is 17.1 Å². The number of carbonyl (C=O) groups excluding carboxylic acids is 2. The quantitative estimate of drug-likeness (QED) is 0.381. The number of pyridine rings is 2. The Morgan fingerprint density at radius 2 is 1.24 bits per heavy atom. The summed E-state index contributed by atoms with van der Waals surface area (Å²) in [5.41, 5.74) is 3.05. The minimum absolute atomic E-state index is 0.292. The van der Waals surface area contributed by atoms with Gasteiger partial charge in [0.05, 0.1) is 23.8 Å². The van der Waals surface area contributed by atoms with Crippen LogP contribution in [0.4, 0.5) is 11.4 Å². The smallest absolute Gasteiger partial charge is 0.274 e. The molecule has 0 aliphatic carbocycles. The molecule has 2 N–H and O–H groups in total. The van der Waals surface area contributed by atoms with Gasteiger partial charge in [-0.3, -0.25) is 9.59 Å².